The molecule has 0 aliphatic heterocycles. The largest absolute Gasteiger partial charge is 0.385 e. The molecule has 0 N–H and O–H groups in total. The first-order chi connectivity index (χ1) is 6.81. The highest BCUT2D eigenvalue weighted by Crippen LogP contribution is 2.33. The maximum atomic E-state index is 8.27. The van der Waals surface area contributed by atoms with Crippen molar-refractivity contribution < 1.29 is 13.8 Å². The summed E-state index contributed by atoms with van der Waals surface area (Å²) in [5.41, 5.74) is 0. The predicted molar refractivity (Wildman–Crippen MR) is 56.1 cm³/mol. The molecule has 0 aromatic rings. The van der Waals surface area contributed by atoms with E-state index < -0.39 is 8.38 Å². The van der Waals surface area contributed by atoms with Gasteiger partial charge in [-0.1, -0.05) is 0 Å². The molecule has 14 heavy (non-hydrogen) atoms. The summed E-state index contributed by atoms with van der Waals surface area (Å²) < 4.78 is 15.6. The first-order valence-electron chi connectivity index (χ1n) is 4.66. The fraction of sp³-hybridized carbons (Fsp3) is 0.889. The van der Waals surface area contributed by atoms with E-state index in [1.165, 1.54) is 0 Å². The van der Waals surface area contributed by atoms with Gasteiger partial charge in [0.2, 0.25) is 0 Å². The zero-order valence-corrected chi connectivity index (χ0v) is 9.76. The molecule has 0 heterocycles. The van der Waals surface area contributed by atoms with Crippen molar-refractivity contribution >= 4 is 8.38 Å². The lowest BCUT2D eigenvalue weighted by molar-refractivity contribution is 0.182. The Kier molecular flexibility index (Phi) is 10.7. The van der Waals surface area contributed by atoms with Crippen LogP contribution in [0.25, 0.3) is 0 Å². The van der Waals surface area contributed by atoms with Crippen LogP contribution in [0.1, 0.15) is 19.3 Å². The average molecular weight is 219 g/mol. The van der Waals surface area contributed by atoms with E-state index in [0.717, 1.165) is 19.4 Å². The zero-order chi connectivity index (χ0) is 10.6. The second-order valence-electron chi connectivity index (χ2n) is 2.71. The SMILES string of the molecule is COCCCCOP(C)OCCC#N. The van der Waals surface area contributed by atoms with E-state index in [1.54, 1.807) is 7.11 Å². The van der Waals surface area contributed by atoms with Crippen LogP contribution in [-0.2, 0) is 13.8 Å². The molecule has 0 aliphatic rings. The summed E-state index contributed by atoms with van der Waals surface area (Å²) in [6.07, 6.45) is 2.43. The molecule has 0 radical (unpaired) electrons. The minimum atomic E-state index is -0.805. The monoisotopic (exact) mass is 219 g/mol. The molecule has 4 nitrogen and oxygen atoms in total. The Morgan fingerprint density at radius 2 is 1.79 bits per heavy atom. The fourth-order valence-corrected chi connectivity index (χ4v) is 1.61. The highest BCUT2D eigenvalue weighted by atomic mass is 31.2. The maximum absolute atomic E-state index is 8.27. The smallest absolute Gasteiger partial charge is 0.167 e. The van der Waals surface area contributed by atoms with E-state index >= 15 is 0 Å². The van der Waals surface area contributed by atoms with Gasteiger partial charge in [-0.25, -0.2) is 0 Å². The van der Waals surface area contributed by atoms with E-state index in [-0.39, 0.29) is 0 Å². The van der Waals surface area contributed by atoms with Crippen LogP contribution in [0.15, 0.2) is 0 Å². The molecule has 0 bridgehead atoms. The molecule has 82 valence electrons. The maximum Gasteiger partial charge on any atom is 0.167 e. The van der Waals surface area contributed by atoms with Gasteiger partial charge in [0.1, 0.15) is 0 Å². The van der Waals surface area contributed by atoms with Crippen molar-refractivity contribution in [1.29, 1.82) is 5.26 Å². The summed E-state index contributed by atoms with van der Waals surface area (Å²) >= 11 is 0. The normalized spacial score (nSPS) is 12.4. The third-order valence-corrected chi connectivity index (χ3v) is 2.60. The lowest BCUT2D eigenvalue weighted by atomic mass is 10.3. The van der Waals surface area contributed by atoms with Crippen LogP contribution in [0.3, 0.4) is 0 Å². The molecule has 0 saturated heterocycles. The van der Waals surface area contributed by atoms with Crippen molar-refractivity contribution in [3.8, 4) is 6.07 Å². The summed E-state index contributed by atoms with van der Waals surface area (Å²) in [7, 11) is 0.888. The molecule has 0 aromatic heterocycles. The summed E-state index contributed by atoms with van der Waals surface area (Å²) in [6.45, 7) is 3.86. The molecular weight excluding hydrogens is 201 g/mol. The number of nitrogens with zero attached hydrogens (tertiary/aromatic N) is 1. The molecule has 1 atom stereocenters. The topological polar surface area (TPSA) is 51.5 Å². The van der Waals surface area contributed by atoms with Crippen LogP contribution in [0.5, 0.6) is 0 Å². The van der Waals surface area contributed by atoms with Crippen LogP contribution >= 0.6 is 8.38 Å². The van der Waals surface area contributed by atoms with Gasteiger partial charge in [0, 0.05) is 20.4 Å². The lowest BCUT2D eigenvalue weighted by Crippen LogP contribution is -1.96. The molecule has 0 fully saturated rings. The van der Waals surface area contributed by atoms with Crippen LogP contribution < -0.4 is 0 Å². The molecule has 0 rings (SSSR count). The van der Waals surface area contributed by atoms with Gasteiger partial charge in [-0.2, -0.15) is 5.26 Å². The van der Waals surface area contributed by atoms with Gasteiger partial charge in [-0.3, -0.25) is 0 Å². The number of unbranched alkanes of at least 4 members (excludes halogenated alkanes) is 1. The summed E-state index contributed by atoms with van der Waals surface area (Å²) in [6, 6.07) is 2.02. The van der Waals surface area contributed by atoms with Crippen LogP contribution in [0, 0.1) is 11.3 Å². The number of nitriles is 1. The van der Waals surface area contributed by atoms with E-state index in [2.05, 4.69) is 0 Å². The van der Waals surface area contributed by atoms with Gasteiger partial charge in [0.25, 0.3) is 0 Å². The summed E-state index contributed by atoms with van der Waals surface area (Å²) in [4.78, 5) is 0. The molecule has 1 unspecified atom stereocenters. The number of hydrogen-bond acceptors (Lipinski definition) is 4. The van der Waals surface area contributed by atoms with Crippen molar-refractivity contribution in [2.45, 2.75) is 19.3 Å². The van der Waals surface area contributed by atoms with E-state index in [4.69, 9.17) is 19.0 Å². The number of rotatable bonds is 9. The Hall–Kier alpha value is -0.200. The first kappa shape index (κ1) is 13.8. The van der Waals surface area contributed by atoms with E-state index in [9.17, 15) is 0 Å². The third-order valence-electron chi connectivity index (χ3n) is 1.50. The standard InChI is InChI=1S/C9H18NO3P/c1-11-7-3-4-8-12-14(2)13-9-5-6-10/h3-5,7-9H2,1-2H3. The minimum Gasteiger partial charge on any atom is -0.385 e. The van der Waals surface area contributed by atoms with Crippen molar-refractivity contribution in [3.63, 3.8) is 0 Å². The molecule has 0 aromatic carbocycles. The Morgan fingerprint density at radius 1 is 1.14 bits per heavy atom. The van der Waals surface area contributed by atoms with Crippen molar-refractivity contribution in [3.05, 3.63) is 0 Å². The van der Waals surface area contributed by atoms with Gasteiger partial charge in [0.15, 0.2) is 8.38 Å². The summed E-state index contributed by atoms with van der Waals surface area (Å²) in [5, 5.41) is 8.27. The van der Waals surface area contributed by atoms with Gasteiger partial charge >= 0.3 is 0 Å². The van der Waals surface area contributed by atoms with Crippen LogP contribution in [0.2, 0.25) is 0 Å². The lowest BCUT2D eigenvalue weighted by Gasteiger charge is -2.11. The average Bonchev–Trinajstić information content (AvgIpc) is 2.18. The number of methoxy groups -OCH3 is 1. The number of hydrogen-bond donors (Lipinski definition) is 0. The highest BCUT2D eigenvalue weighted by molar-refractivity contribution is 7.46. The van der Waals surface area contributed by atoms with Gasteiger partial charge in [0.05, 0.1) is 25.7 Å². The molecule has 5 heteroatoms. The predicted octanol–water partition coefficient (Wildman–Crippen LogP) is 2.30. The van der Waals surface area contributed by atoms with Gasteiger partial charge in [-0.05, 0) is 12.8 Å². The quantitative estimate of drug-likeness (QED) is 0.441. The second-order valence-corrected chi connectivity index (χ2v) is 4.11. The Balaban J connectivity index is 3.10. The summed E-state index contributed by atoms with van der Waals surface area (Å²) in [5.74, 6) is 0. The van der Waals surface area contributed by atoms with Crippen molar-refractivity contribution in [1.82, 2.24) is 0 Å². The molecular formula is C9H18NO3P. The Labute approximate surface area is 87.1 Å². The second kappa shape index (κ2) is 10.9. The van der Waals surface area contributed by atoms with Crippen LogP contribution in [0.4, 0.5) is 0 Å². The molecule has 0 saturated carbocycles. The fourth-order valence-electron chi connectivity index (χ4n) is 0.799. The Morgan fingerprint density at radius 3 is 2.43 bits per heavy atom. The zero-order valence-electron chi connectivity index (χ0n) is 8.86. The van der Waals surface area contributed by atoms with E-state index in [0.29, 0.717) is 19.6 Å². The Bertz CT molecular complexity index is 161. The van der Waals surface area contributed by atoms with Crippen molar-refractivity contribution in [2.75, 3.05) is 33.6 Å². The highest BCUT2D eigenvalue weighted by Gasteiger charge is 2.01. The minimum absolute atomic E-state index is 0.430. The third kappa shape index (κ3) is 9.88. The first-order valence-corrected chi connectivity index (χ1v) is 6.29. The van der Waals surface area contributed by atoms with Gasteiger partial charge < -0.3 is 13.8 Å². The number of ether oxygens (including phenoxy) is 1. The molecule has 0 aliphatic carbocycles. The molecule has 0 spiro atoms. The van der Waals surface area contributed by atoms with Gasteiger partial charge in [-0.15, -0.1) is 0 Å². The van der Waals surface area contributed by atoms with Crippen LogP contribution in [-0.4, -0.2) is 33.6 Å². The molecule has 0 amide bonds. The van der Waals surface area contributed by atoms with E-state index in [1.807, 2.05) is 12.7 Å². The van der Waals surface area contributed by atoms with Crippen molar-refractivity contribution in [2.24, 2.45) is 0 Å².